The van der Waals surface area contributed by atoms with Crippen LogP contribution in [0.15, 0.2) is 52.2 Å². The van der Waals surface area contributed by atoms with Gasteiger partial charge >= 0.3 is 0 Å². The number of hydrogen-bond acceptors (Lipinski definition) is 6. The van der Waals surface area contributed by atoms with Gasteiger partial charge in [-0.05, 0) is 37.6 Å². The van der Waals surface area contributed by atoms with E-state index in [-0.39, 0.29) is 11.6 Å². The highest BCUT2D eigenvalue weighted by Gasteiger charge is 2.12. The zero-order valence-electron chi connectivity index (χ0n) is 15.1. The summed E-state index contributed by atoms with van der Waals surface area (Å²) in [6.07, 6.45) is 1.56. The van der Waals surface area contributed by atoms with Gasteiger partial charge < -0.3 is 9.84 Å². The molecule has 1 aromatic carbocycles. The van der Waals surface area contributed by atoms with Crippen molar-refractivity contribution in [3.8, 4) is 0 Å². The van der Waals surface area contributed by atoms with Crippen molar-refractivity contribution in [2.24, 2.45) is 12.1 Å². The first kappa shape index (κ1) is 18.1. The van der Waals surface area contributed by atoms with E-state index in [9.17, 15) is 9.59 Å². The van der Waals surface area contributed by atoms with Crippen LogP contribution in [-0.4, -0.2) is 32.5 Å². The first-order valence-corrected chi connectivity index (χ1v) is 8.12. The second-order valence-corrected chi connectivity index (χ2v) is 5.84. The third kappa shape index (κ3) is 4.27. The highest BCUT2D eigenvalue weighted by molar-refractivity contribution is 6.05. The quantitative estimate of drug-likeness (QED) is 0.530. The lowest BCUT2D eigenvalue weighted by Crippen LogP contribution is -2.19. The zero-order chi connectivity index (χ0) is 19.4. The first-order chi connectivity index (χ1) is 12.9. The van der Waals surface area contributed by atoms with E-state index in [0.29, 0.717) is 22.9 Å². The van der Waals surface area contributed by atoms with E-state index in [4.69, 9.17) is 4.52 Å². The fraction of sp³-hybridized carbons (Fsp3) is 0.167. The number of carbonyl (C=O) groups is 2. The minimum Gasteiger partial charge on any atom is -0.361 e. The third-order valence-corrected chi connectivity index (χ3v) is 3.78. The van der Waals surface area contributed by atoms with Gasteiger partial charge in [0, 0.05) is 25.0 Å². The van der Waals surface area contributed by atoms with E-state index in [1.54, 1.807) is 51.4 Å². The Kier molecular flexibility index (Phi) is 5.11. The SMILES string of the molecule is C/C(=N/NC(=O)c1cc(C)on1)c1cccc(NC(=O)c2ccnn2C)c1. The second-order valence-electron chi connectivity index (χ2n) is 5.84. The van der Waals surface area contributed by atoms with Gasteiger partial charge in [0.15, 0.2) is 5.69 Å². The smallest absolute Gasteiger partial charge is 0.293 e. The van der Waals surface area contributed by atoms with Crippen molar-refractivity contribution >= 4 is 23.2 Å². The van der Waals surface area contributed by atoms with E-state index in [1.165, 1.54) is 10.7 Å². The number of amides is 2. The van der Waals surface area contributed by atoms with Crippen molar-refractivity contribution in [1.29, 1.82) is 0 Å². The molecule has 27 heavy (non-hydrogen) atoms. The average Bonchev–Trinajstić information content (AvgIpc) is 3.28. The van der Waals surface area contributed by atoms with Gasteiger partial charge in [-0.1, -0.05) is 17.3 Å². The van der Waals surface area contributed by atoms with Gasteiger partial charge in [0.2, 0.25) is 0 Å². The summed E-state index contributed by atoms with van der Waals surface area (Å²) in [6, 6.07) is 10.3. The van der Waals surface area contributed by atoms with Crippen LogP contribution in [0.2, 0.25) is 0 Å². The summed E-state index contributed by atoms with van der Waals surface area (Å²) >= 11 is 0. The van der Waals surface area contributed by atoms with Crippen LogP contribution in [0, 0.1) is 6.92 Å². The van der Waals surface area contributed by atoms with Gasteiger partial charge in [0.1, 0.15) is 11.5 Å². The molecule has 9 heteroatoms. The van der Waals surface area contributed by atoms with Crippen LogP contribution < -0.4 is 10.7 Å². The number of rotatable bonds is 5. The average molecular weight is 366 g/mol. The summed E-state index contributed by atoms with van der Waals surface area (Å²) in [5, 5.41) is 14.5. The van der Waals surface area contributed by atoms with Crippen molar-refractivity contribution in [2.75, 3.05) is 5.32 Å². The maximum atomic E-state index is 12.3. The van der Waals surface area contributed by atoms with Crippen molar-refractivity contribution in [3.63, 3.8) is 0 Å². The highest BCUT2D eigenvalue weighted by Crippen LogP contribution is 2.13. The van der Waals surface area contributed by atoms with Gasteiger partial charge in [0.05, 0.1) is 5.71 Å². The maximum Gasteiger partial charge on any atom is 0.293 e. The molecule has 0 aliphatic heterocycles. The number of hydrazone groups is 1. The Labute approximate surface area is 155 Å². The van der Waals surface area contributed by atoms with Crippen LogP contribution in [0.5, 0.6) is 0 Å². The summed E-state index contributed by atoms with van der Waals surface area (Å²) in [5.74, 6) is -0.193. The van der Waals surface area contributed by atoms with E-state index >= 15 is 0 Å². The Morgan fingerprint density at radius 3 is 2.67 bits per heavy atom. The molecule has 3 rings (SSSR count). The molecule has 0 unspecified atom stereocenters. The Morgan fingerprint density at radius 1 is 1.19 bits per heavy atom. The van der Waals surface area contributed by atoms with Crippen LogP contribution in [0.4, 0.5) is 5.69 Å². The molecule has 0 saturated heterocycles. The number of anilines is 1. The molecule has 2 aromatic heterocycles. The molecule has 0 atom stereocenters. The van der Waals surface area contributed by atoms with Gasteiger partial charge in [-0.15, -0.1) is 0 Å². The second kappa shape index (κ2) is 7.65. The van der Waals surface area contributed by atoms with E-state index in [1.807, 2.05) is 6.07 Å². The molecule has 9 nitrogen and oxygen atoms in total. The van der Waals surface area contributed by atoms with Gasteiger partial charge in [-0.25, -0.2) is 5.43 Å². The molecule has 2 heterocycles. The number of carbonyl (C=O) groups excluding carboxylic acids is 2. The molecule has 2 N–H and O–H groups in total. The third-order valence-electron chi connectivity index (χ3n) is 3.78. The van der Waals surface area contributed by atoms with E-state index in [0.717, 1.165) is 5.56 Å². The minimum absolute atomic E-state index is 0.154. The van der Waals surface area contributed by atoms with Crippen LogP contribution in [0.3, 0.4) is 0 Å². The molecule has 0 aliphatic carbocycles. The summed E-state index contributed by atoms with van der Waals surface area (Å²) in [7, 11) is 1.70. The summed E-state index contributed by atoms with van der Waals surface area (Å²) in [6.45, 7) is 3.44. The largest absolute Gasteiger partial charge is 0.361 e. The first-order valence-electron chi connectivity index (χ1n) is 8.12. The van der Waals surface area contributed by atoms with Crippen LogP contribution in [0.25, 0.3) is 0 Å². The Bertz CT molecular complexity index is 1020. The molecular weight excluding hydrogens is 348 g/mol. The van der Waals surface area contributed by atoms with Crippen LogP contribution >= 0.6 is 0 Å². The topological polar surface area (TPSA) is 114 Å². The molecule has 138 valence electrons. The number of aromatic nitrogens is 3. The Balaban J connectivity index is 1.69. The van der Waals surface area contributed by atoms with E-state index < -0.39 is 5.91 Å². The van der Waals surface area contributed by atoms with Crippen LogP contribution in [0.1, 0.15) is 39.2 Å². The molecule has 0 spiro atoms. The summed E-state index contributed by atoms with van der Waals surface area (Å²) in [5.41, 5.74) is 4.95. The maximum absolute atomic E-state index is 12.3. The molecule has 3 aromatic rings. The lowest BCUT2D eigenvalue weighted by atomic mass is 10.1. The van der Waals surface area contributed by atoms with Crippen molar-refractivity contribution in [2.45, 2.75) is 13.8 Å². The lowest BCUT2D eigenvalue weighted by molar-refractivity contribution is 0.0945. The monoisotopic (exact) mass is 366 g/mol. The van der Waals surface area contributed by atoms with Crippen LogP contribution in [-0.2, 0) is 7.05 Å². The lowest BCUT2D eigenvalue weighted by Gasteiger charge is -2.08. The highest BCUT2D eigenvalue weighted by atomic mass is 16.5. The molecule has 0 aliphatic rings. The predicted octanol–water partition coefficient (Wildman–Crippen LogP) is 2.12. The van der Waals surface area contributed by atoms with Gasteiger partial charge in [-0.2, -0.15) is 10.2 Å². The normalized spacial score (nSPS) is 11.3. The molecule has 0 fully saturated rings. The molecular formula is C18H18N6O3. The van der Waals surface area contributed by atoms with E-state index in [2.05, 4.69) is 26.1 Å². The fourth-order valence-corrected chi connectivity index (χ4v) is 2.34. The molecule has 2 amide bonds. The predicted molar refractivity (Wildman–Crippen MR) is 98.5 cm³/mol. The number of nitrogens with zero attached hydrogens (tertiary/aromatic N) is 4. The standard InChI is InChI=1S/C18H18N6O3/c1-11-9-15(23-27-11)17(25)22-21-12(2)13-5-4-6-14(10-13)20-18(26)16-7-8-19-24(16)3/h4-10H,1-3H3,(H,20,26)(H,22,25)/b21-12-. The number of benzene rings is 1. The van der Waals surface area contributed by atoms with Crippen molar-refractivity contribution < 1.29 is 14.1 Å². The summed E-state index contributed by atoms with van der Waals surface area (Å²) < 4.78 is 6.36. The Hall–Kier alpha value is -3.75. The molecule has 0 saturated carbocycles. The van der Waals surface area contributed by atoms with Crippen molar-refractivity contribution in [3.05, 3.63) is 65.3 Å². The Morgan fingerprint density at radius 2 is 2.00 bits per heavy atom. The number of nitrogens with one attached hydrogen (secondary N) is 2. The summed E-state index contributed by atoms with van der Waals surface area (Å²) in [4.78, 5) is 24.2. The van der Waals surface area contributed by atoms with Gasteiger partial charge in [0.25, 0.3) is 11.8 Å². The zero-order valence-corrected chi connectivity index (χ0v) is 15.1. The van der Waals surface area contributed by atoms with Gasteiger partial charge in [-0.3, -0.25) is 14.3 Å². The molecule has 0 bridgehead atoms. The fourth-order valence-electron chi connectivity index (χ4n) is 2.34. The number of aryl methyl sites for hydroxylation is 2. The minimum atomic E-state index is -0.466. The van der Waals surface area contributed by atoms with Crippen molar-refractivity contribution in [1.82, 2.24) is 20.4 Å². The molecule has 0 radical (unpaired) electrons. The number of hydrogen-bond donors (Lipinski definition) is 2.